The van der Waals surface area contributed by atoms with Gasteiger partial charge in [0.2, 0.25) is 0 Å². The Bertz CT molecular complexity index is 2530. The van der Waals surface area contributed by atoms with Crippen molar-refractivity contribution in [1.29, 1.82) is 5.41 Å². The quantitative estimate of drug-likeness (QED) is 0.0645. The first-order chi connectivity index (χ1) is 28.0. The summed E-state index contributed by atoms with van der Waals surface area (Å²) in [6.45, 7) is 12.5. The second kappa shape index (κ2) is 17.1. The van der Waals surface area contributed by atoms with Crippen molar-refractivity contribution in [3.63, 3.8) is 0 Å². The number of benzene rings is 5. The first-order valence-corrected chi connectivity index (χ1v) is 20.2. The summed E-state index contributed by atoms with van der Waals surface area (Å²) in [4.78, 5) is 10.8. The number of anilines is 1. The fourth-order valence-corrected chi connectivity index (χ4v) is 9.11. The Morgan fingerprint density at radius 2 is 1.47 bits per heavy atom. The number of allylic oxidation sites excluding steroid dienone is 6. The van der Waals surface area contributed by atoms with E-state index < -0.39 is 0 Å². The van der Waals surface area contributed by atoms with Crippen LogP contribution in [0, 0.1) is 5.41 Å². The van der Waals surface area contributed by atoms with Gasteiger partial charge >= 0.3 is 0 Å². The molecule has 0 radical (unpaired) electrons. The van der Waals surface area contributed by atoms with Gasteiger partial charge in [0.25, 0.3) is 0 Å². The van der Waals surface area contributed by atoms with Crippen LogP contribution in [0.2, 0.25) is 0 Å². The molecule has 0 spiro atoms. The number of thioether (sulfide) groups is 1. The van der Waals surface area contributed by atoms with Gasteiger partial charge in [-0.05, 0) is 75.6 Å². The molecule has 8 rings (SSSR count). The van der Waals surface area contributed by atoms with E-state index in [1.807, 2.05) is 42.5 Å². The molecule has 4 nitrogen and oxygen atoms in total. The summed E-state index contributed by atoms with van der Waals surface area (Å²) in [5.41, 5.74) is 13.2. The molecule has 2 heterocycles. The van der Waals surface area contributed by atoms with E-state index in [9.17, 15) is 5.41 Å². The second-order valence-electron chi connectivity index (χ2n) is 14.2. The number of nitrogens with zero attached hydrogens (tertiary/aromatic N) is 2. The third kappa shape index (κ3) is 8.07. The van der Waals surface area contributed by atoms with Gasteiger partial charge in [0.15, 0.2) is 11.7 Å². The Kier molecular flexibility index (Phi) is 11.2. The molecule has 2 unspecified atom stereocenters. The minimum Gasteiger partial charge on any atom is -0.375 e. The predicted molar refractivity (Wildman–Crippen MR) is 245 cm³/mol. The van der Waals surface area contributed by atoms with Crippen LogP contribution in [0.25, 0.3) is 27.8 Å². The number of aliphatic imine (C=N–C) groups is 2. The number of amidine groups is 2. The second-order valence-corrected chi connectivity index (χ2v) is 15.4. The molecule has 57 heavy (non-hydrogen) atoms. The van der Waals surface area contributed by atoms with E-state index >= 15 is 0 Å². The largest absolute Gasteiger partial charge is 0.375 e. The summed E-state index contributed by atoms with van der Waals surface area (Å²) in [7, 11) is 0. The molecule has 278 valence electrons. The van der Waals surface area contributed by atoms with Gasteiger partial charge in [-0.25, -0.2) is 9.98 Å². The normalized spacial score (nSPS) is 18.8. The van der Waals surface area contributed by atoms with Gasteiger partial charge < -0.3 is 5.32 Å². The van der Waals surface area contributed by atoms with Crippen molar-refractivity contribution in [1.82, 2.24) is 0 Å². The van der Waals surface area contributed by atoms with Crippen molar-refractivity contribution >= 4 is 40.9 Å². The number of para-hydroxylation sites is 1. The number of fused-ring (bicyclic) bond motifs is 3. The Labute approximate surface area is 340 Å². The SMILES string of the molecule is C=C/C=C(C=C)/C(=N/C(=N)C(=C)[C@H]1Sc2ccc(-c3ccccc3)cc2C1/C=C/C1Nc2ccccc2C2=C1CCC=C2)/N=C/c1ccc(-c2ccccc2)cc1. The third-order valence-electron chi connectivity index (χ3n) is 10.7. The lowest BCUT2D eigenvalue weighted by Gasteiger charge is -2.32. The van der Waals surface area contributed by atoms with Crippen LogP contribution in [-0.4, -0.2) is 29.2 Å². The lowest BCUT2D eigenvalue weighted by Crippen LogP contribution is -2.26. The number of hydrogen-bond donors (Lipinski definition) is 2. The van der Waals surface area contributed by atoms with Crippen LogP contribution < -0.4 is 5.32 Å². The Morgan fingerprint density at radius 1 is 0.789 bits per heavy atom. The lowest BCUT2D eigenvalue weighted by atomic mass is 9.83. The van der Waals surface area contributed by atoms with Crippen molar-refractivity contribution in [2.75, 3.05) is 5.32 Å². The minimum absolute atomic E-state index is 0.0449. The van der Waals surface area contributed by atoms with Gasteiger partial charge in [-0.15, -0.1) is 11.8 Å². The highest BCUT2D eigenvalue weighted by atomic mass is 32.2. The zero-order valence-corrected chi connectivity index (χ0v) is 32.6. The molecule has 0 bridgehead atoms. The summed E-state index contributed by atoms with van der Waals surface area (Å²) in [6, 6.07) is 44.4. The Hall–Kier alpha value is -6.56. The van der Waals surface area contributed by atoms with E-state index in [1.165, 1.54) is 38.3 Å². The van der Waals surface area contributed by atoms with Crippen LogP contribution in [0.15, 0.2) is 221 Å². The molecule has 0 saturated heterocycles. The monoisotopic (exact) mass is 756 g/mol. The molecule has 3 aliphatic rings. The van der Waals surface area contributed by atoms with Crippen molar-refractivity contribution in [3.05, 3.63) is 223 Å². The van der Waals surface area contributed by atoms with Gasteiger partial charge in [0, 0.05) is 44.7 Å². The van der Waals surface area contributed by atoms with E-state index in [0.717, 1.165) is 35.2 Å². The molecule has 0 aromatic heterocycles. The van der Waals surface area contributed by atoms with E-state index in [2.05, 4.69) is 140 Å². The zero-order chi connectivity index (χ0) is 39.1. The van der Waals surface area contributed by atoms with Gasteiger partial charge in [0.1, 0.15) is 0 Å². The summed E-state index contributed by atoms with van der Waals surface area (Å²) < 4.78 is 0. The molecule has 5 aromatic carbocycles. The lowest BCUT2D eigenvalue weighted by molar-refractivity contribution is 0.837. The van der Waals surface area contributed by atoms with E-state index in [4.69, 9.17) is 9.98 Å². The average Bonchev–Trinajstić information content (AvgIpc) is 3.64. The smallest absolute Gasteiger partial charge is 0.161 e. The van der Waals surface area contributed by atoms with Gasteiger partial charge in [-0.1, -0.05) is 171 Å². The van der Waals surface area contributed by atoms with Crippen molar-refractivity contribution in [2.45, 2.75) is 34.9 Å². The molecule has 5 heteroatoms. The molecule has 1 aliphatic carbocycles. The first kappa shape index (κ1) is 37.4. The van der Waals surface area contributed by atoms with Crippen LogP contribution >= 0.6 is 11.8 Å². The van der Waals surface area contributed by atoms with Crippen LogP contribution in [0.1, 0.15) is 35.4 Å². The molecular formula is C52H44N4S. The van der Waals surface area contributed by atoms with Crippen LogP contribution in [0.3, 0.4) is 0 Å². The molecule has 2 aliphatic heterocycles. The van der Waals surface area contributed by atoms with Gasteiger partial charge in [-0.3, -0.25) is 5.41 Å². The molecule has 5 aromatic rings. The molecular weight excluding hydrogens is 713 g/mol. The highest BCUT2D eigenvalue weighted by Crippen LogP contribution is 2.50. The summed E-state index contributed by atoms with van der Waals surface area (Å²) >= 11 is 1.75. The highest BCUT2D eigenvalue weighted by Gasteiger charge is 2.36. The number of rotatable bonds is 10. The topological polar surface area (TPSA) is 60.6 Å². The summed E-state index contributed by atoms with van der Waals surface area (Å²) in [5, 5.41) is 13.1. The molecule has 0 saturated carbocycles. The third-order valence-corrected chi connectivity index (χ3v) is 12.1. The van der Waals surface area contributed by atoms with Crippen molar-refractivity contribution in [3.8, 4) is 22.3 Å². The zero-order valence-electron chi connectivity index (χ0n) is 31.8. The maximum atomic E-state index is 9.39. The Balaban J connectivity index is 1.12. The molecule has 0 amide bonds. The molecule has 0 fully saturated rings. The maximum Gasteiger partial charge on any atom is 0.161 e. The minimum atomic E-state index is -0.152. The fraction of sp³-hybridized carbons (Fsp3) is 0.0962. The van der Waals surface area contributed by atoms with Gasteiger partial charge in [-0.2, -0.15) is 0 Å². The summed E-state index contributed by atoms with van der Waals surface area (Å²) in [6.07, 6.45) is 18.2. The first-order valence-electron chi connectivity index (χ1n) is 19.3. The predicted octanol–water partition coefficient (Wildman–Crippen LogP) is 13.1. The van der Waals surface area contributed by atoms with E-state index in [1.54, 1.807) is 30.1 Å². The highest BCUT2D eigenvalue weighted by molar-refractivity contribution is 8.00. The average molecular weight is 757 g/mol. The van der Waals surface area contributed by atoms with Crippen molar-refractivity contribution in [2.24, 2.45) is 9.98 Å². The number of hydrogen-bond acceptors (Lipinski definition) is 3. The summed E-state index contributed by atoms with van der Waals surface area (Å²) in [5.74, 6) is 0.408. The van der Waals surface area contributed by atoms with Crippen LogP contribution in [-0.2, 0) is 0 Å². The van der Waals surface area contributed by atoms with Gasteiger partial charge in [0.05, 0.1) is 6.04 Å². The Morgan fingerprint density at radius 3 is 2.21 bits per heavy atom. The van der Waals surface area contributed by atoms with Crippen LogP contribution in [0.4, 0.5) is 5.69 Å². The standard InChI is InChI=1S/C52H44N4S/c1-4-16-37(5-2)52(54-34-36-25-27-40(28-26-36)38-17-8-6-9-18-38)56-51(53)35(3)50-45(46-33-41(29-32-49(46)57-50)39-19-10-7-11-20-39)30-31-48-44-22-13-12-21-42(44)43-23-14-15-24-47(43)55-48/h4-12,14-21,23-34,45,48,50,53,55H,1-3,13,22H2/b31-30+,37-16+,53-51?,54-34+,56-52-/t45?,48?,50-/m1/s1. The van der Waals surface area contributed by atoms with E-state index in [-0.39, 0.29) is 23.0 Å². The molecule has 2 N–H and O–H groups in total. The maximum absolute atomic E-state index is 9.39. The number of nitrogens with one attached hydrogen (secondary N) is 2. The van der Waals surface area contributed by atoms with Crippen molar-refractivity contribution < 1.29 is 0 Å². The molecule has 3 atom stereocenters. The fourth-order valence-electron chi connectivity index (χ4n) is 7.72. The van der Waals surface area contributed by atoms with E-state index in [0.29, 0.717) is 17.0 Å². The van der Waals surface area contributed by atoms with Crippen LogP contribution in [0.5, 0.6) is 0 Å².